The van der Waals surface area contributed by atoms with E-state index in [0.29, 0.717) is 38.6 Å². The van der Waals surface area contributed by atoms with Crippen LogP contribution in [0.15, 0.2) is 24.3 Å². The summed E-state index contributed by atoms with van der Waals surface area (Å²) in [5.74, 6) is 0.366. The van der Waals surface area contributed by atoms with Crippen LogP contribution in [0.2, 0.25) is 0 Å². The third kappa shape index (κ3) is 7.00. The Morgan fingerprint density at radius 1 is 1.18 bits per heavy atom. The molecule has 1 aromatic heterocycles. The number of unbranched alkanes of at least 4 members (excludes halogenated alkanes) is 1. The average Bonchev–Trinajstić information content (AvgIpc) is 3.45. The molecule has 0 amide bonds. The summed E-state index contributed by atoms with van der Waals surface area (Å²) in [4.78, 5) is 28.8. The molecule has 0 bridgehead atoms. The molecule has 3 atom stereocenters. The molecule has 2 heterocycles. The monoisotopic (exact) mass is 489 g/mol. The number of ketones is 1. The van der Waals surface area contributed by atoms with Gasteiger partial charge in [0.2, 0.25) is 0 Å². The molecule has 1 aromatic rings. The van der Waals surface area contributed by atoms with Gasteiger partial charge in [-0.1, -0.05) is 31.4 Å². The maximum Gasteiger partial charge on any atom is 0.303 e. The van der Waals surface area contributed by atoms with Crippen molar-refractivity contribution in [3.8, 4) is 0 Å². The van der Waals surface area contributed by atoms with Crippen LogP contribution in [0.25, 0.3) is 0 Å². The standard InChI is InChI=1S/C27H39NO5S/c29-23-18-24(33-19-21-12-13-25(34-21)20-8-4-3-5-9-20)22(10-6-1-2-7-11-26(30)31)27(23)28-14-16-32-17-15-28/h1,6,12-13,20,22,24,27H,2-5,7-11,14-19H2,(H,30,31)/b6-1-/t22-,24-,27+/m1/s1. The third-order valence-corrected chi connectivity index (χ3v) is 8.74. The lowest BCUT2D eigenvalue weighted by Crippen LogP contribution is -2.49. The number of carbonyl (C=O) groups is 2. The molecule has 4 rings (SSSR count). The van der Waals surface area contributed by atoms with E-state index in [1.54, 1.807) is 0 Å². The number of carbonyl (C=O) groups excluding carboxylic acids is 1. The van der Waals surface area contributed by atoms with Crippen LogP contribution >= 0.6 is 11.3 Å². The number of aliphatic carboxylic acids is 1. The molecule has 1 saturated heterocycles. The van der Waals surface area contributed by atoms with E-state index in [0.717, 1.165) is 25.9 Å². The summed E-state index contributed by atoms with van der Waals surface area (Å²) in [6, 6.07) is 4.38. The minimum Gasteiger partial charge on any atom is -0.481 e. The highest BCUT2D eigenvalue weighted by Gasteiger charge is 2.45. The van der Waals surface area contributed by atoms with Crippen LogP contribution in [0.5, 0.6) is 0 Å². The predicted molar refractivity (Wildman–Crippen MR) is 133 cm³/mol. The van der Waals surface area contributed by atoms with Crippen LogP contribution in [0.4, 0.5) is 0 Å². The van der Waals surface area contributed by atoms with Gasteiger partial charge in [0.25, 0.3) is 0 Å². The van der Waals surface area contributed by atoms with E-state index in [1.165, 1.54) is 41.9 Å². The van der Waals surface area contributed by atoms with Crippen molar-refractivity contribution in [1.82, 2.24) is 4.90 Å². The minimum absolute atomic E-state index is 0.0794. The van der Waals surface area contributed by atoms with E-state index in [9.17, 15) is 9.59 Å². The second kappa shape index (κ2) is 13.0. The lowest BCUT2D eigenvalue weighted by molar-refractivity contribution is -0.137. The van der Waals surface area contributed by atoms with E-state index in [4.69, 9.17) is 14.6 Å². The van der Waals surface area contributed by atoms with Gasteiger partial charge in [0.05, 0.1) is 32.0 Å². The molecular formula is C27H39NO5S. The molecule has 0 radical (unpaired) electrons. The van der Waals surface area contributed by atoms with Crippen molar-refractivity contribution in [1.29, 1.82) is 0 Å². The second-order valence-corrected chi connectivity index (χ2v) is 11.1. The summed E-state index contributed by atoms with van der Waals surface area (Å²) in [7, 11) is 0. The van der Waals surface area contributed by atoms with Crippen molar-refractivity contribution >= 4 is 23.1 Å². The van der Waals surface area contributed by atoms with E-state index >= 15 is 0 Å². The number of hydrogen-bond acceptors (Lipinski definition) is 6. The summed E-state index contributed by atoms with van der Waals surface area (Å²) in [5, 5.41) is 8.82. The number of hydrogen-bond donors (Lipinski definition) is 1. The van der Waals surface area contributed by atoms with Gasteiger partial charge in [-0.2, -0.15) is 0 Å². The fourth-order valence-electron chi connectivity index (χ4n) is 5.72. The van der Waals surface area contributed by atoms with Crippen LogP contribution in [0.3, 0.4) is 0 Å². The SMILES string of the molecule is O=C(O)CCC/C=C\C[C@H]1[C@H](N2CCOCC2)C(=O)C[C@H]1OCc1ccc(C2CCCCC2)s1. The Balaban J connectivity index is 1.36. The molecule has 0 unspecified atom stereocenters. The first kappa shape index (κ1) is 25.5. The molecule has 34 heavy (non-hydrogen) atoms. The van der Waals surface area contributed by atoms with Gasteiger partial charge in [0.15, 0.2) is 5.78 Å². The Morgan fingerprint density at radius 2 is 1.97 bits per heavy atom. The van der Waals surface area contributed by atoms with Gasteiger partial charge in [0, 0.05) is 41.6 Å². The molecule has 1 aliphatic heterocycles. The highest BCUT2D eigenvalue weighted by molar-refractivity contribution is 7.12. The van der Waals surface area contributed by atoms with E-state index in [1.807, 2.05) is 11.3 Å². The smallest absolute Gasteiger partial charge is 0.303 e. The summed E-state index contributed by atoms with van der Waals surface area (Å²) < 4.78 is 11.9. The number of morpholine rings is 1. The Morgan fingerprint density at radius 3 is 2.74 bits per heavy atom. The summed E-state index contributed by atoms with van der Waals surface area (Å²) >= 11 is 1.88. The minimum atomic E-state index is -0.754. The molecule has 0 aromatic carbocycles. The number of Topliss-reactive ketones (excluding diaryl/α,β-unsaturated/α-hetero) is 1. The van der Waals surface area contributed by atoms with Crippen LogP contribution in [-0.2, 0) is 25.7 Å². The van der Waals surface area contributed by atoms with Gasteiger partial charge in [-0.25, -0.2) is 0 Å². The Hall–Kier alpha value is -1.54. The first-order valence-corrected chi connectivity index (χ1v) is 13.8. The van der Waals surface area contributed by atoms with E-state index < -0.39 is 5.97 Å². The number of nitrogens with zero attached hydrogens (tertiary/aromatic N) is 1. The normalized spacial score (nSPS) is 27.1. The van der Waals surface area contributed by atoms with Crippen molar-refractivity contribution < 1.29 is 24.2 Å². The molecular weight excluding hydrogens is 450 g/mol. The van der Waals surface area contributed by atoms with Gasteiger partial charge in [-0.05, 0) is 50.2 Å². The molecule has 6 nitrogen and oxygen atoms in total. The Labute approximate surface area is 207 Å². The van der Waals surface area contributed by atoms with E-state index in [2.05, 4.69) is 29.2 Å². The zero-order valence-corrected chi connectivity index (χ0v) is 21.0. The van der Waals surface area contributed by atoms with Gasteiger partial charge >= 0.3 is 5.97 Å². The van der Waals surface area contributed by atoms with Crippen molar-refractivity contribution in [2.24, 2.45) is 5.92 Å². The second-order valence-electron chi connectivity index (χ2n) is 9.91. The zero-order chi connectivity index (χ0) is 23.8. The first-order chi connectivity index (χ1) is 16.6. The first-order valence-electron chi connectivity index (χ1n) is 13.0. The predicted octanol–water partition coefficient (Wildman–Crippen LogP) is 5.17. The number of rotatable bonds is 11. The molecule has 2 aliphatic carbocycles. The number of ether oxygens (including phenoxy) is 2. The maximum atomic E-state index is 13.1. The number of thiophene rings is 1. The lowest BCUT2D eigenvalue weighted by atomic mass is 9.88. The lowest BCUT2D eigenvalue weighted by Gasteiger charge is -2.35. The van der Waals surface area contributed by atoms with E-state index in [-0.39, 0.29) is 30.3 Å². The summed E-state index contributed by atoms with van der Waals surface area (Å²) in [5.41, 5.74) is 0. The van der Waals surface area contributed by atoms with Crippen LogP contribution in [-0.4, -0.2) is 60.2 Å². The number of carboxylic acids is 1. The van der Waals surface area contributed by atoms with Gasteiger partial charge in [-0.15, -0.1) is 11.3 Å². The zero-order valence-electron chi connectivity index (χ0n) is 20.2. The molecule has 2 saturated carbocycles. The maximum absolute atomic E-state index is 13.1. The molecule has 0 spiro atoms. The molecule has 188 valence electrons. The van der Waals surface area contributed by atoms with Crippen molar-refractivity contribution in [2.45, 2.75) is 88.9 Å². The van der Waals surface area contributed by atoms with Gasteiger partial charge < -0.3 is 14.6 Å². The van der Waals surface area contributed by atoms with Crippen molar-refractivity contribution in [3.63, 3.8) is 0 Å². The topological polar surface area (TPSA) is 76.1 Å². The van der Waals surface area contributed by atoms with Crippen LogP contribution < -0.4 is 0 Å². The van der Waals surface area contributed by atoms with Gasteiger partial charge in [0.1, 0.15) is 0 Å². The Kier molecular flexibility index (Phi) is 9.74. The third-order valence-electron chi connectivity index (χ3n) is 7.52. The van der Waals surface area contributed by atoms with Crippen LogP contribution in [0.1, 0.15) is 79.9 Å². The molecule has 3 aliphatic rings. The number of allylic oxidation sites excluding steroid dienone is 2. The Bertz CT molecular complexity index is 825. The quantitative estimate of drug-likeness (QED) is 0.341. The fourth-order valence-corrected chi connectivity index (χ4v) is 6.82. The van der Waals surface area contributed by atoms with Crippen molar-refractivity contribution in [3.05, 3.63) is 34.0 Å². The fraction of sp³-hybridized carbons (Fsp3) is 0.704. The van der Waals surface area contributed by atoms with Crippen molar-refractivity contribution in [2.75, 3.05) is 26.3 Å². The largest absolute Gasteiger partial charge is 0.481 e. The summed E-state index contributed by atoms with van der Waals surface area (Å²) in [6.45, 7) is 3.50. The number of carboxylic acid groups (broad SMARTS) is 1. The average molecular weight is 490 g/mol. The molecule has 3 fully saturated rings. The molecule has 1 N–H and O–H groups in total. The van der Waals surface area contributed by atoms with Gasteiger partial charge in [-0.3, -0.25) is 14.5 Å². The highest BCUT2D eigenvalue weighted by atomic mass is 32.1. The molecule has 7 heteroatoms. The summed E-state index contributed by atoms with van der Waals surface area (Å²) in [6.07, 6.45) is 13.6. The highest BCUT2D eigenvalue weighted by Crippen LogP contribution is 2.38. The van der Waals surface area contributed by atoms with Crippen LogP contribution in [0, 0.1) is 5.92 Å².